The van der Waals surface area contributed by atoms with Crippen molar-refractivity contribution in [2.45, 2.75) is 50.5 Å². The van der Waals surface area contributed by atoms with E-state index in [1.807, 2.05) is 24.3 Å². The van der Waals surface area contributed by atoms with Gasteiger partial charge in [-0.2, -0.15) is 10.6 Å². The summed E-state index contributed by atoms with van der Waals surface area (Å²) >= 11 is 6.39. The van der Waals surface area contributed by atoms with Crippen LogP contribution in [0.3, 0.4) is 0 Å². The third-order valence-electron chi connectivity index (χ3n) is 9.42. The zero-order valence-corrected chi connectivity index (χ0v) is 25.1. The summed E-state index contributed by atoms with van der Waals surface area (Å²) in [6.07, 6.45) is 8.32. The summed E-state index contributed by atoms with van der Waals surface area (Å²) in [5, 5.41) is 0.747. The Morgan fingerprint density at radius 1 is 1.17 bits per heavy atom. The number of hydrogen-bond acceptors (Lipinski definition) is 7. The minimum Gasteiger partial charge on any atom is -0.490 e. The van der Waals surface area contributed by atoms with E-state index in [2.05, 4.69) is 21.4 Å². The van der Waals surface area contributed by atoms with Gasteiger partial charge in [-0.3, -0.25) is 9.59 Å². The van der Waals surface area contributed by atoms with Crippen LogP contribution in [0.5, 0.6) is 5.75 Å². The molecule has 0 radical (unpaired) electrons. The molecule has 2 heterocycles. The van der Waals surface area contributed by atoms with E-state index >= 15 is 0 Å². The van der Waals surface area contributed by atoms with Crippen LogP contribution in [0.4, 0.5) is 5.69 Å². The minimum atomic E-state index is -1.82. The van der Waals surface area contributed by atoms with Gasteiger partial charge in [0.25, 0.3) is 5.91 Å². The maximum absolute atomic E-state index is 13.1. The lowest BCUT2D eigenvalue weighted by atomic mass is 9.68. The Bertz CT molecular complexity index is 1480. The lowest BCUT2D eigenvalue weighted by Gasteiger charge is -2.46. The Morgan fingerprint density at radius 3 is 2.80 bits per heavy atom. The average molecular weight is 596 g/mol. The first-order valence-electron chi connectivity index (χ1n) is 14.5. The van der Waals surface area contributed by atoms with Crippen molar-refractivity contribution in [1.29, 1.82) is 0 Å². The number of carbonyl (C=O) groups excluding carboxylic acids is 2. The van der Waals surface area contributed by atoms with E-state index in [-0.39, 0.29) is 29.0 Å². The highest BCUT2D eigenvalue weighted by Crippen LogP contribution is 2.47. The van der Waals surface area contributed by atoms with Crippen LogP contribution >= 0.6 is 11.6 Å². The molecule has 2 bridgehead atoms. The Hall–Kier alpha value is -2.68. The molecule has 218 valence electrons. The van der Waals surface area contributed by atoms with Crippen molar-refractivity contribution in [3.63, 3.8) is 0 Å². The van der Waals surface area contributed by atoms with Gasteiger partial charge in [0.05, 0.1) is 18.4 Å². The van der Waals surface area contributed by atoms with Gasteiger partial charge in [-0.1, -0.05) is 36.4 Å². The Kier molecular flexibility index (Phi) is 8.00. The first-order chi connectivity index (χ1) is 19.8. The smallest absolute Gasteiger partial charge is 0.254 e. The molecule has 9 heteroatoms. The Morgan fingerprint density at radius 2 is 2.02 bits per heavy atom. The normalized spacial score (nSPS) is 31.2. The summed E-state index contributed by atoms with van der Waals surface area (Å²) < 4.78 is 29.1. The number of ether oxygens (including phenoxy) is 2. The molecule has 2 aliphatic heterocycles. The fourth-order valence-corrected chi connectivity index (χ4v) is 8.16. The number of benzene rings is 2. The van der Waals surface area contributed by atoms with Crippen molar-refractivity contribution in [2.24, 2.45) is 22.1 Å². The predicted molar refractivity (Wildman–Crippen MR) is 160 cm³/mol. The second-order valence-electron chi connectivity index (χ2n) is 12.0. The lowest BCUT2D eigenvalue weighted by molar-refractivity contribution is -0.117. The van der Waals surface area contributed by atoms with Gasteiger partial charge in [-0.25, -0.2) is 0 Å². The summed E-state index contributed by atoms with van der Waals surface area (Å²) in [4.78, 5) is 28.3. The third kappa shape index (κ3) is 5.58. The predicted octanol–water partition coefficient (Wildman–Crippen LogP) is 5.92. The van der Waals surface area contributed by atoms with Gasteiger partial charge in [-0.15, -0.1) is 0 Å². The van der Waals surface area contributed by atoms with Crippen LogP contribution in [-0.2, 0) is 36.2 Å². The molecular weight excluding hydrogens is 560 g/mol. The minimum absolute atomic E-state index is 0.00919. The summed E-state index contributed by atoms with van der Waals surface area (Å²) in [5.74, 6) is 0.128. The van der Waals surface area contributed by atoms with Crippen LogP contribution in [0.1, 0.15) is 54.1 Å². The summed E-state index contributed by atoms with van der Waals surface area (Å²) in [6, 6.07) is 11.6. The molecule has 4 aliphatic rings. The van der Waals surface area contributed by atoms with E-state index < -0.39 is 22.4 Å². The summed E-state index contributed by atoms with van der Waals surface area (Å²) in [6.45, 7) is 3.75. The molecule has 1 saturated carbocycles. The molecule has 0 aromatic heterocycles. The number of allylic oxidation sites excluding steroid dienone is 1. The molecule has 2 aliphatic carbocycles. The van der Waals surface area contributed by atoms with Gasteiger partial charge in [0.1, 0.15) is 5.75 Å². The summed E-state index contributed by atoms with van der Waals surface area (Å²) in [5.41, 5.74) is 3.56. The second kappa shape index (κ2) is 11.5. The first kappa shape index (κ1) is 28.4. The van der Waals surface area contributed by atoms with Gasteiger partial charge in [-0.05, 0) is 91.5 Å². The van der Waals surface area contributed by atoms with Gasteiger partial charge in [0.15, 0.2) is 5.78 Å². The third-order valence-corrected chi connectivity index (χ3v) is 10.8. The zero-order valence-electron chi connectivity index (χ0n) is 23.5. The molecule has 41 heavy (non-hydrogen) atoms. The van der Waals surface area contributed by atoms with Crippen molar-refractivity contribution >= 4 is 39.6 Å². The molecule has 1 spiro atoms. The van der Waals surface area contributed by atoms with Crippen molar-refractivity contribution < 1.29 is 23.3 Å². The Balaban J connectivity index is 1.44. The molecule has 0 N–H and O–H groups in total. The van der Waals surface area contributed by atoms with Gasteiger partial charge in [0, 0.05) is 42.1 Å². The van der Waals surface area contributed by atoms with E-state index in [0.29, 0.717) is 18.1 Å². The quantitative estimate of drug-likeness (QED) is 0.381. The number of fused-ring (bicyclic) bond motifs is 4. The van der Waals surface area contributed by atoms with Crippen molar-refractivity contribution in [2.75, 3.05) is 37.5 Å². The molecule has 7 nitrogen and oxygen atoms in total. The van der Waals surface area contributed by atoms with E-state index in [4.69, 9.17) is 21.1 Å². The maximum Gasteiger partial charge on any atom is 0.254 e. The molecule has 0 saturated heterocycles. The number of carbonyl (C=O) groups is 2. The number of rotatable bonds is 1. The van der Waals surface area contributed by atoms with Crippen LogP contribution in [0, 0.1) is 17.8 Å². The molecule has 0 unspecified atom stereocenters. The number of ketones is 1. The number of nitrogens with zero attached hydrogens (tertiary/aromatic N) is 2. The van der Waals surface area contributed by atoms with Crippen LogP contribution in [0.15, 0.2) is 52.9 Å². The largest absolute Gasteiger partial charge is 0.490 e. The second-order valence-corrected chi connectivity index (χ2v) is 13.6. The lowest BCUT2D eigenvalue weighted by Crippen LogP contribution is -2.49. The zero-order chi connectivity index (χ0) is 28.7. The number of anilines is 1. The van der Waals surface area contributed by atoms with Gasteiger partial charge < -0.3 is 22.9 Å². The molecule has 5 atom stereocenters. The van der Waals surface area contributed by atoms with E-state index in [1.54, 1.807) is 26.2 Å². The van der Waals surface area contributed by atoms with E-state index in [9.17, 15) is 13.8 Å². The summed E-state index contributed by atoms with van der Waals surface area (Å²) in [7, 11) is -0.132. The highest BCUT2D eigenvalue weighted by atomic mass is 35.5. The molecule has 6 rings (SSSR count). The number of amides is 1. The monoisotopic (exact) mass is 595 g/mol. The fourth-order valence-electron chi connectivity index (χ4n) is 7.01. The SMILES string of the molecule is CO[C@H]1/C=C/C(=O)[C@H](C)C[S-](=O)=NC(=O)c2ccc3c(c2)N(C[C@@H]2CC[C@H]21)C[C@@]1(CCCc2cc(Cl)ccc21)CO3. The maximum atomic E-state index is 13.1. The van der Waals surface area contributed by atoms with Crippen LogP contribution in [0.25, 0.3) is 0 Å². The van der Waals surface area contributed by atoms with Crippen molar-refractivity contribution in [1.82, 2.24) is 0 Å². The van der Waals surface area contributed by atoms with E-state index in [1.165, 1.54) is 11.1 Å². The average Bonchev–Trinajstić information content (AvgIpc) is 3.09. The molecule has 2 aromatic rings. The van der Waals surface area contributed by atoms with Crippen LogP contribution < -0.4 is 9.64 Å². The standard InChI is InChI=1S/C32H36ClN2O5S/c1-20-17-41(38)34-31(37)22-6-11-30-27(15-22)35(16-23-5-8-25(23)29(39-2)12-10-28(20)36)18-32(19-40-30)13-3-4-21-14-24(33)7-9-26(21)32/h6-7,9-12,14-15,20,23,25,29H,3-5,8,13,16-19H2,1-2H3/q-1/b12-10+/t20-,23+,25-,29+,32+/m1/s1. The van der Waals surface area contributed by atoms with Crippen molar-refractivity contribution in [3.8, 4) is 5.75 Å². The molecule has 1 fully saturated rings. The number of halogens is 1. The number of hydrogen-bond donors (Lipinski definition) is 0. The molecule has 2 aromatic carbocycles. The number of methoxy groups -OCH3 is 1. The molecule has 1 amide bonds. The first-order valence-corrected chi connectivity index (χ1v) is 16.1. The molecular formula is C32H36ClN2O5S-. The highest BCUT2D eigenvalue weighted by molar-refractivity contribution is 7.75. The van der Waals surface area contributed by atoms with Gasteiger partial charge >= 0.3 is 0 Å². The van der Waals surface area contributed by atoms with E-state index in [0.717, 1.165) is 61.7 Å². The number of aryl methyl sites for hydroxylation is 1. The fraction of sp³-hybridized carbons (Fsp3) is 0.500. The van der Waals surface area contributed by atoms with Crippen LogP contribution in [0.2, 0.25) is 5.02 Å². The topological polar surface area (TPSA) is 85.3 Å². The van der Waals surface area contributed by atoms with Gasteiger partial charge in [0.2, 0.25) is 0 Å². The Labute approximate surface area is 248 Å². The highest BCUT2D eigenvalue weighted by Gasteiger charge is 2.44. The van der Waals surface area contributed by atoms with Crippen molar-refractivity contribution in [3.05, 3.63) is 70.3 Å². The van der Waals surface area contributed by atoms with Crippen LogP contribution in [-0.4, -0.2) is 50.4 Å².